The molecule has 0 saturated carbocycles. The van der Waals surface area contributed by atoms with Gasteiger partial charge in [0, 0.05) is 23.2 Å². The minimum Gasteiger partial charge on any atom is -0.487 e. The summed E-state index contributed by atoms with van der Waals surface area (Å²) in [4.78, 5) is 14.0. The van der Waals surface area contributed by atoms with Gasteiger partial charge in [-0.15, -0.1) is 0 Å². The average Bonchev–Trinajstić information content (AvgIpc) is 2.88. The van der Waals surface area contributed by atoms with Crippen LogP contribution < -0.4 is 15.8 Å². The van der Waals surface area contributed by atoms with Crippen LogP contribution in [0.5, 0.6) is 5.75 Å². The molecular weight excluding hydrogens is 481 g/mol. The van der Waals surface area contributed by atoms with E-state index in [1.54, 1.807) is 31.2 Å². The van der Waals surface area contributed by atoms with Crippen LogP contribution in [0.2, 0.25) is 5.02 Å². The number of nitrogens with zero attached hydrogens (tertiary/aromatic N) is 3. The zero-order valence-electron chi connectivity index (χ0n) is 19.5. The highest BCUT2D eigenvalue weighted by Crippen LogP contribution is 2.31. The topological polar surface area (TPSA) is 94.7 Å². The Labute approximate surface area is 213 Å². The Balaban J connectivity index is 1.56. The van der Waals surface area contributed by atoms with Gasteiger partial charge in [0.05, 0.1) is 10.5 Å². The summed E-state index contributed by atoms with van der Waals surface area (Å²) in [5, 5.41) is 8.56. The molecule has 0 aliphatic carbocycles. The molecule has 1 aromatic heterocycles. The molecule has 0 bridgehead atoms. The fraction of sp³-hybridized carbons (Fsp3) is 0.148. The van der Waals surface area contributed by atoms with Gasteiger partial charge in [-0.3, -0.25) is 0 Å². The first kappa shape index (κ1) is 24.9. The lowest BCUT2D eigenvalue weighted by atomic mass is 10.1. The number of fused-ring (bicyclic) bond motifs is 1. The van der Waals surface area contributed by atoms with Crippen molar-refractivity contribution in [2.45, 2.75) is 13.5 Å². The minimum atomic E-state index is -0.315. The Morgan fingerprint density at radius 2 is 2.03 bits per heavy atom. The molecule has 3 aromatic carbocycles. The summed E-state index contributed by atoms with van der Waals surface area (Å²) in [7, 11) is 0. The van der Waals surface area contributed by atoms with Crippen molar-refractivity contribution in [1.82, 2.24) is 9.97 Å². The number of nitrogens with one attached hydrogen (secondary N) is 1. The van der Waals surface area contributed by atoms with E-state index in [9.17, 15) is 4.39 Å². The van der Waals surface area contributed by atoms with E-state index in [2.05, 4.69) is 32.3 Å². The van der Waals surface area contributed by atoms with Crippen LogP contribution in [0.3, 0.4) is 0 Å². The molecule has 4 aromatic rings. The van der Waals surface area contributed by atoms with Gasteiger partial charge < -0.3 is 20.6 Å². The highest BCUT2D eigenvalue weighted by Gasteiger charge is 2.10. The number of ether oxygens (including phenoxy) is 1. The molecule has 1 heterocycles. The van der Waals surface area contributed by atoms with Gasteiger partial charge in [0.15, 0.2) is 5.71 Å². The van der Waals surface area contributed by atoms with Crippen LogP contribution in [0.1, 0.15) is 18.1 Å². The van der Waals surface area contributed by atoms with Crippen LogP contribution in [0, 0.1) is 17.7 Å². The monoisotopic (exact) mass is 503 g/mol. The van der Waals surface area contributed by atoms with Gasteiger partial charge in [0.25, 0.3) is 0 Å². The second-order valence-electron chi connectivity index (χ2n) is 7.58. The van der Waals surface area contributed by atoms with Gasteiger partial charge in [0.1, 0.15) is 36.9 Å². The standard InChI is InChI=1S/C27H23ClFN5O2/c1-2-4-24(34-36-12-11-30)19-7-9-25-22(14-19)27(32-17-31-25)33-21-8-10-26(23(28)15-21)35-16-18-5-3-6-20(29)13-18/h3,5-10,13-15,17H,11-12,16,30H2,1H3,(H,31,32,33)/b34-24+. The van der Waals surface area contributed by atoms with E-state index in [1.165, 1.54) is 18.5 Å². The third-order valence-corrected chi connectivity index (χ3v) is 5.29. The van der Waals surface area contributed by atoms with E-state index >= 15 is 0 Å². The summed E-state index contributed by atoms with van der Waals surface area (Å²) in [5.41, 5.74) is 8.86. The average molecular weight is 504 g/mol. The Morgan fingerprint density at radius 1 is 1.14 bits per heavy atom. The number of anilines is 2. The molecule has 7 nitrogen and oxygen atoms in total. The fourth-order valence-electron chi connectivity index (χ4n) is 3.35. The summed E-state index contributed by atoms with van der Waals surface area (Å²) in [6.07, 6.45) is 1.48. The highest BCUT2D eigenvalue weighted by atomic mass is 35.5. The SMILES string of the molecule is CC#C/C(=N\OCCN)c1ccc2ncnc(Nc3ccc(OCc4cccc(F)c4)c(Cl)c3)c2c1. The van der Waals surface area contributed by atoms with Crippen molar-refractivity contribution in [3.05, 3.63) is 89.0 Å². The maximum absolute atomic E-state index is 13.4. The number of aromatic nitrogens is 2. The molecule has 36 heavy (non-hydrogen) atoms. The number of nitrogens with two attached hydrogens (primary N) is 1. The Morgan fingerprint density at radius 3 is 2.81 bits per heavy atom. The van der Waals surface area contributed by atoms with E-state index in [0.717, 1.165) is 16.5 Å². The van der Waals surface area contributed by atoms with E-state index in [4.69, 9.17) is 26.9 Å². The van der Waals surface area contributed by atoms with Gasteiger partial charge >= 0.3 is 0 Å². The molecule has 3 N–H and O–H groups in total. The van der Waals surface area contributed by atoms with Crippen molar-refractivity contribution >= 4 is 39.7 Å². The first-order chi connectivity index (χ1) is 17.6. The molecule has 0 radical (unpaired) electrons. The van der Waals surface area contributed by atoms with Crippen LogP contribution in [0.4, 0.5) is 15.9 Å². The molecule has 0 atom stereocenters. The quantitative estimate of drug-likeness (QED) is 0.136. The van der Waals surface area contributed by atoms with Gasteiger partial charge in [-0.2, -0.15) is 0 Å². The number of benzene rings is 3. The van der Waals surface area contributed by atoms with Crippen molar-refractivity contribution in [2.24, 2.45) is 10.9 Å². The Hall–Kier alpha value is -4.19. The first-order valence-corrected chi connectivity index (χ1v) is 11.5. The maximum Gasteiger partial charge on any atom is 0.159 e. The molecule has 0 aliphatic heterocycles. The predicted octanol–water partition coefficient (Wildman–Crippen LogP) is 5.45. The zero-order valence-corrected chi connectivity index (χ0v) is 20.2. The normalized spacial score (nSPS) is 11.1. The van der Waals surface area contributed by atoms with E-state index in [1.807, 2.05) is 24.3 Å². The van der Waals surface area contributed by atoms with Crippen molar-refractivity contribution in [3.8, 4) is 17.6 Å². The first-order valence-electron chi connectivity index (χ1n) is 11.1. The third kappa shape index (κ3) is 6.27. The second-order valence-corrected chi connectivity index (χ2v) is 7.99. The molecule has 0 spiro atoms. The van der Waals surface area contributed by atoms with Gasteiger partial charge in [-0.25, -0.2) is 14.4 Å². The smallest absolute Gasteiger partial charge is 0.159 e. The molecule has 0 amide bonds. The second kappa shape index (κ2) is 12.0. The van der Waals surface area contributed by atoms with Crippen LogP contribution in [-0.2, 0) is 11.4 Å². The largest absolute Gasteiger partial charge is 0.487 e. The lowest BCUT2D eigenvalue weighted by Crippen LogP contribution is -2.07. The lowest BCUT2D eigenvalue weighted by Gasteiger charge is -2.12. The van der Waals surface area contributed by atoms with Crippen molar-refractivity contribution in [2.75, 3.05) is 18.5 Å². The van der Waals surface area contributed by atoms with E-state index < -0.39 is 0 Å². The van der Waals surface area contributed by atoms with Crippen LogP contribution >= 0.6 is 11.6 Å². The van der Waals surface area contributed by atoms with Crippen molar-refractivity contribution < 1.29 is 14.0 Å². The summed E-state index contributed by atoms with van der Waals surface area (Å²) in [6.45, 7) is 2.57. The van der Waals surface area contributed by atoms with Crippen LogP contribution in [0.25, 0.3) is 10.9 Å². The number of rotatable bonds is 9. The molecule has 0 aliphatic rings. The number of hydrogen-bond donors (Lipinski definition) is 2. The summed E-state index contributed by atoms with van der Waals surface area (Å²) in [6, 6.07) is 17.2. The highest BCUT2D eigenvalue weighted by molar-refractivity contribution is 6.32. The lowest BCUT2D eigenvalue weighted by molar-refractivity contribution is 0.153. The zero-order chi connectivity index (χ0) is 25.3. The molecule has 0 fully saturated rings. The summed E-state index contributed by atoms with van der Waals surface area (Å²) in [5.74, 6) is 6.55. The van der Waals surface area contributed by atoms with E-state index in [-0.39, 0.29) is 12.4 Å². The minimum absolute atomic E-state index is 0.198. The number of hydrogen-bond acceptors (Lipinski definition) is 7. The summed E-state index contributed by atoms with van der Waals surface area (Å²) < 4.78 is 19.2. The van der Waals surface area contributed by atoms with Crippen LogP contribution in [-0.4, -0.2) is 28.8 Å². The van der Waals surface area contributed by atoms with Crippen molar-refractivity contribution in [1.29, 1.82) is 0 Å². The summed E-state index contributed by atoms with van der Waals surface area (Å²) >= 11 is 6.45. The third-order valence-electron chi connectivity index (χ3n) is 5.00. The Kier molecular flexibility index (Phi) is 8.29. The molecular formula is C27H23ClFN5O2. The number of halogens is 2. The Bertz CT molecular complexity index is 1470. The maximum atomic E-state index is 13.4. The molecule has 0 saturated heterocycles. The van der Waals surface area contributed by atoms with Crippen molar-refractivity contribution in [3.63, 3.8) is 0 Å². The van der Waals surface area contributed by atoms with Crippen LogP contribution in [0.15, 0.2) is 72.1 Å². The van der Waals surface area contributed by atoms with Gasteiger partial charge in [0.2, 0.25) is 0 Å². The van der Waals surface area contributed by atoms with Gasteiger partial charge in [-0.1, -0.05) is 34.8 Å². The fourth-order valence-corrected chi connectivity index (χ4v) is 3.59. The molecule has 0 unspecified atom stereocenters. The van der Waals surface area contributed by atoms with E-state index in [0.29, 0.717) is 46.7 Å². The predicted molar refractivity (Wildman–Crippen MR) is 140 cm³/mol. The molecule has 182 valence electrons. The molecule has 4 rings (SSSR count). The molecule has 9 heteroatoms. The number of oxime groups is 1. The van der Waals surface area contributed by atoms with Gasteiger partial charge in [-0.05, 0) is 66.9 Å².